The van der Waals surface area contributed by atoms with E-state index in [2.05, 4.69) is 15.3 Å². The summed E-state index contributed by atoms with van der Waals surface area (Å²) in [5, 5.41) is 2.53. The Morgan fingerprint density at radius 2 is 1.77 bits per heavy atom. The Morgan fingerprint density at radius 1 is 1.02 bits per heavy atom. The molecule has 0 spiro atoms. The van der Waals surface area contributed by atoms with Gasteiger partial charge in [0.15, 0.2) is 0 Å². The largest absolute Gasteiger partial charge is 0.439 e. The molecule has 2 amide bonds. The van der Waals surface area contributed by atoms with Gasteiger partial charge in [0.2, 0.25) is 11.8 Å². The van der Waals surface area contributed by atoms with Gasteiger partial charge in [-0.05, 0) is 53.6 Å². The molecule has 1 aliphatic heterocycles. The number of nitrogens with two attached hydrogens (primary N) is 1. The number of anilines is 1. The number of carbonyl (C=O) groups is 2. The summed E-state index contributed by atoms with van der Waals surface area (Å²) in [7, 11) is 0. The second-order valence-corrected chi connectivity index (χ2v) is 9.67. The Morgan fingerprint density at radius 3 is 2.42 bits per heavy atom. The normalized spacial score (nSPS) is 14.5. The van der Waals surface area contributed by atoms with Crippen LogP contribution < -0.4 is 11.1 Å². The third-order valence-electron chi connectivity index (χ3n) is 6.44. The minimum atomic E-state index is -4.88. The first-order valence-electron chi connectivity index (χ1n) is 12.6. The van der Waals surface area contributed by atoms with E-state index in [9.17, 15) is 35.9 Å². The van der Waals surface area contributed by atoms with Gasteiger partial charge >= 0.3 is 6.18 Å². The number of halogens is 6. The highest BCUT2D eigenvalue weighted by molar-refractivity contribution is 5.95. The Balaban J connectivity index is 1.31. The van der Waals surface area contributed by atoms with E-state index < -0.39 is 53.9 Å². The van der Waals surface area contributed by atoms with E-state index in [0.717, 1.165) is 29.2 Å². The predicted octanol–water partition coefficient (Wildman–Crippen LogP) is 5.56. The summed E-state index contributed by atoms with van der Waals surface area (Å²) in [4.78, 5) is 33.1. The summed E-state index contributed by atoms with van der Waals surface area (Å²) in [5.74, 6) is -5.30. The van der Waals surface area contributed by atoms with E-state index in [1.807, 2.05) is 0 Å². The van der Waals surface area contributed by atoms with E-state index in [0.29, 0.717) is 17.4 Å². The van der Waals surface area contributed by atoms with Crippen molar-refractivity contribution >= 4 is 23.7 Å². The summed E-state index contributed by atoms with van der Waals surface area (Å²) in [6, 6.07) is 9.29. The number of benzene rings is 2. The second kappa shape index (κ2) is 11.3. The van der Waals surface area contributed by atoms with Gasteiger partial charge < -0.3 is 20.4 Å². The number of carbonyl (C=O) groups excluding carboxylic acids is 2. The molecule has 0 aliphatic carbocycles. The van der Waals surface area contributed by atoms with Crippen molar-refractivity contribution in [2.24, 2.45) is 0 Å². The van der Waals surface area contributed by atoms with Gasteiger partial charge in [-0.2, -0.15) is 13.2 Å². The minimum absolute atomic E-state index is 0.0781. The smallest absolute Gasteiger partial charge is 0.417 e. The van der Waals surface area contributed by atoms with Gasteiger partial charge in [0.25, 0.3) is 11.8 Å². The summed E-state index contributed by atoms with van der Waals surface area (Å²) in [6.45, 7) is -1.75. The summed E-state index contributed by atoms with van der Waals surface area (Å²) < 4.78 is 88.7. The Labute approximate surface area is 239 Å². The number of nitrogen functional groups attached to an aromatic ring is 1. The Bertz CT molecular complexity index is 1710. The van der Waals surface area contributed by atoms with Gasteiger partial charge in [-0.3, -0.25) is 9.59 Å². The van der Waals surface area contributed by atoms with Crippen LogP contribution in [0.25, 0.3) is 28.7 Å². The number of alkyl halides is 5. The fraction of sp³-hybridized carbons (Fsp3) is 0.172. The lowest BCUT2D eigenvalue weighted by atomic mass is 9.97. The van der Waals surface area contributed by atoms with Crippen molar-refractivity contribution in [1.82, 2.24) is 20.2 Å². The lowest BCUT2D eigenvalue weighted by Gasteiger charge is -2.38. The SMILES string of the molecule is Nc1ccc(/C=C/C(=O)NCc2cnc(-c3ccc(-c4ccc(C(=O)N5CC(F)(F)C5)cc4F)cc3C(F)(F)F)o2)cn1. The van der Waals surface area contributed by atoms with E-state index in [1.54, 1.807) is 12.1 Å². The van der Waals surface area contributed by atoms with Gasteiger partial charge in [0.1, 0.15) is 17.4 Å². The fourth-order valence-corrected chi connectivity index (χ4v) is 4.29. The molecule has 0 unspecified atom stereocenters. The van der Waals surface area contributed by atoms with Crippen LogP contribution in [-0.4, -0.2) is 45.7 Å². The number of oxazole rings is 1. The van der Waals surface area contributed by atoms with Crippen molar-refractivity contribution in [1.29, 1.82) is 0 Å². The highest BCUT2D eigenvalue weighted by Gasteiger charge is 2.46. The zero-order valence-corrected chi connectivity index (χ0v) is 22.0. The number of aromatic nitrogens is 2. The number of amides is 2. The highest BCUT2D eigenvalue weighted by Crippen LogP contribution is 2.40. The molecule has 14 heteroatoms. The van der Waals surface area contributed by atoms with Crippen LogP contribution >= 0.6 is 0 Å². The van der Waals surface area contributed by atoms with E-state index in [-0.39, 0.29) is 34.9 Å². The van der Waals surface area contributed by atoms with Gasteiger partial charge in [-0.25, -0.2) is 23.1 Å². The molecule has 3 N–H and O–H groups in total. The first-order chi connectivity index (χ1) is 20.3. The summed E-state index contributed by atoms with van der Waals surface area (Å²) >= 11 is 0. The number of rotatable bonds is 7. The number of pyridine rings is 1. The Kier molecular flexibility index (Phi) is 7.69. The van der Waals surface area contributed by atoms with Gasteiger partial charge in [0.05, 0.1) is 31.4 Å². The molecule has 1 fully saturated rings. The molecule has 2 aromatic heterocycles. The number of nitrogens with one attached hydrogen (secondary N) is 1. The first kappa shape index (κ1) is 29.4. The van der Waals surface area contributed by atoms with Crippen LogP contribution in [0.5, 0.6) is 0 Å². The zero-order valence-electron chi connectivity index (χ0n) is 22.0. The van der Waals surface area contributed by atoms with E-state index in [4.69, 9.17) is 10.2 Å². The monoisotopic (exact) mass is 601 g/mol. The molecular weight excluding hydrogens is 580 g/mol. The van der Waals surface area contributed by atoms with Crippen LogP contribution in [0.15, 0.2) is 71.4 Å². The van der Waals surface area contributed by atoms with Crippen molar-refractivity contribution < 1.29 is 40.3 Å². The average Bonchev–Trinajstić information content (AvgIpc) is 3.42. The lowest BCUT2D eigenvalue weighted by Crippen LogP contribution is -2.58. The molecule has 8 nitrogen and oxygen atoms in total. The minimum Gasteiger partial charge on any atom is -0.439 e. The highest BCUT2D eigenvalue weighted by atomic mass is 19.4. The zero-order chi connectivity index (χ0) is 30.9. The molecular formula is C29H21F6N5O3. The quantitative estimate of drug-likeness (QED) is 0.212. The molecule has 222 valence electrons. The molecule has 43 heavy (non-hydrogen) atoms. The van der Waals surface area contributed by atoms with Crippen molar-refractivity contribution in [3.63, 3.8) is 0 Å². The predicted molar refractivity (Wildman–Crippen MR) is 143 cm³/mol. The Hall–Kier alpha value is -5.14. The average molecular weight is 602 g/mol. The lowest BCUT2D eigenvalue weighted by molar-refractivity contribution is -0.137. The number of hydrogen-bond acceptors (Lipinski definition) is 6. The maximum atomic E-state index is 14.9. The van der Waals surface area contributed by atoms with Crippen LogP contribution in [0.2, 0.25) is 0 Å². The van der Waals surface area contributed by atoms with Gasteiger partial charge in [0, 0.05) is 29.0 Å². The maximum Gasteiger partial charge on any atom is 0.417 e. The van der Waals surface area contributed by atoms with Gasteiger partial charge in [-0.15, -0.1) is 0 Å². The van der Waals surface area contributed by atoms with Gasteiger partial charge in [-0.1, -0.05) is 12.1 Å². The van der Waals surface area contributed by atoms with Crippen molar-refractivity contribution in [3.05, 3.63) is 95.3 Å². The maximum absolute atomic E-state index is 14.9. The van der Waals surface area contributed by atoms with Crippen molar-refractivity contribution in [2.75, 3.05) is 18.8 Å². The molecule has 4 aromatic rings. The van der Waals surface area contributed by atoms with Crippen LogP contribution in [0, 0.1) is 5.82 Å². The van der Waals surface area contributed by atoms with Crippen LogP contribution in [0.4, 0.5) is 32.2 Å². The third-order valence-corrected chi connectivity index (χ3v) is 6.44. The van der Waals surface area contributed by atoms with Crippen LogP contribution in [-0.2, 0) is 17.5 Å². The summed E-state index contributed by atoms with van der Waals surface area (Å²) in [5.41, 5.74) is 3.96. The van der Waals surface area contributed by atoms with Crippen LogP contribution in [0.3, 0.4) is 0 Å². The first-order valence-corrected chi connectivity index (χ1v) is 12.6. The molecule has 1 saturated heterocycles. The molecule has 0 atom stereocenters. The molecule has 0 saturated carbocycles. The molecule has 1 aliphatic rings. The number of hydrogen-bond donors (Lipinski definition) is 2. The molecule has 3 heterocycles. The topological polar surface area (TPSA) is 114 Å². The standard InChI is InChI=1S/C29H21F6N5O3/c30-23-10-18(27(42)40-14-28(31,32)15-40)4-5-20(23)17-3-6-21(22(9-17)29(33,34)35)26-39-13-19(43-26)12-38-25(41)8-2-16-1-7-24(36)37-11-16/h1-11,13H,12,14-15H2,(H2,36,37)(H,38,41)/b8-2+. The summed E-state index contributed by atoms with van der Waals surface area (Å²) in [6.07, 6.45) is 0.476. The van der Waals surface area contributed by atoms with E-state index in [1.165, 1.54) is 30.6 Å². The van der Waals surface area contributed by atoms with Crippen molar-refractivity contribution in [3.8, 4) is 22.6 Å². The molecule has 2 aromatic carbocycles. The molecule has 5 rings (SSSR count). The molecule has 0 radical (unpaired) electrons. The third kappa shape index (κ3) is 6.68. The molecule has 0 bridgehead atoms. The van der Waals surface area contributed by atoms with Crippen molar-refractivity contribution in [2.45, 2.75) is 18.6 Å². The van der Waals surface area contributed by atoms with Crippen LogP contribution in [0.1, 0.15) is 27.2 Å². The second-order valence-electron chi connectivity index (χ2n) is 9.67. The number of likely N-dealkylation sites (tertiary alicyclic amines) is 1. The fourth-order valence-electron chi connectivity index (χ4n) is 4.29. The van der Waals surface area contributed by atoms with E-state index >= 15 is 0 Å². The number of nitrogens with zero attached hydrogens (tertiary/aromatic N) is 3.